The number of carbonyl (C=O) groups is 1. The van der Waals surface area contributed by atoms with Crippen LogP contribution >= 0.6 is 34.3 Å². The predicted molar refractivity (Wildman–Crippen MR) is 109 cm³/mol. The Hall–Kier alpha value is -1.69. The lowest BCUT2D eigenvalue weighted by Gasteiger charge is -2.05. The maximum absolute atomic E-state index is 12.4. The van der Waals surface area contributed by atoms with Gasteiger partial charge in [0.1, 0.15) is 0 Å². The summed E-state index contributed by atoms with van der Waals surface area (Å²) >= 11 is 9.65. The van der Waals surface area contributed by atoms with Gasteiger partial charge in [-0.05, 0) is 49.4 Å². The average molecular weight is 403 g/mol. The summed E-state index contributed by atoms with van der Waals surface area (Å²) in [7, 11) is 0. The van der Waals surface area contributed by atoms with Crippen molar-refractivity contribution in [3.8, 4) is 10.6 Å². The highest BCUT2D eigenvalue weighted by Crippen LogP contribution is 2.49. The van der Waals surface area contributed by atoms with E-state index in [1.54, 1.807) is 22.7 Å². The molecule has 26 heavy (non-hydrogen) atoms. The van der Waals surface area contributed by atoms with Crippen LogP contribution in [0.15, 0.2) is 41.8 Å². The molecule has 2 atom stereocenters. The van der Waals surface area contributed by atoms with Gasteiger partial charge in [0.25, 0.3) is 0 Å². The van der Waals surface area contributed by atoms with Crippen LogP contribution in [0.5, 0.6) is 0 Å². The molecule has 6 heteroatoms. The van der Waals surface area contributed by atoms with E-state index < -0.39 is 0 Å². The largest absolute Gasteiger partial charge is 0.355 e. The first-order valence-corrected chi connectivity index (χ1v) is 10.7. The number of rotatable bonds is 6. The molecule has 4 rings (SSSR count). The van der Waals surface area contributed by atoms with Gasteiger partial charge in [0.05, 0.1) is 15.6 Å². The molecule has 1 N–H and O–H groups in total. The number of thiazole rings is 1. The predicted octanol–water partition coefficient (Wildman–Crippen LogP) is 5.30. The second kappa shape index (κ2) is 7.51. The van der Waals surface area contributed by atoms with Crippen molar-refractivity contribution in [3.05, 3.63) is 62.2 Å². The van der Waals surface area contributed by atoms with Crippen LogP contribution in [-0.4, -0.2) is 17.4 Å². The Bertz CT molecular complexity index is 933. The maximum atomic E-state index is 12.4. The summed E-state index contributed by atoms with van der Waals surface area (Å²) in [4.78, 5) is 19.3. The van der Waals surface area contributed by atoms with Crippen molar-refractivity contribution < 1.29 is 4.79 Å². The summed E-state index contributed by atoms with van der Waals surface area (Å²) in [6, 6.07) is 12.1. The number of hydrogen-bond acceptors (Lipinski definition) is 4. The van der Waals surface area contributed by atoms with Crippen LogP contribution in [0.4, 0.5) is 0 Å². The van der Waals surface area contributed by atoms with Gasteiger partial charge in [-0.15, -0.1) is 22.7 Å². The number of aromatic nitrogens is 1. The van der Waals surface area contributed by atoms with Gasteiger partial charge in [0.2, 0.25) is 5.91 Å². The van der Waals surface area contributed by atoms with Crippen LogP contribution in [0.2, 0.25) is 5.02 Å². The highest BCUT2D eigenvalue weighted by Gasteiger charge is 2.44. The zero-order valence-electron chi connectivity index (χ0n) is 14.4. The van der Waals surface area contributed by atoms with Crippen molar-refractivity contribution in [1.29, 1.82) is 0 Å². The fourth-order valence-electron chi connectivity index (χ4n) is 3.17. The van der Waals surface area contributed by atoms with Crippen molar-refractivity contribution >= 4 is 40.2 Å². The number of amides is 1. The lowest BCUT2D eigenvalue weighted by molar-refractivity contribution is -0.122. The molecule has 3 aromatic rings. The molecule has 3 nitrogen and oxygen atoms in total. The van der Waals surface area contributed by atoms with Crippen molar-refractivity contribution in [2.24, 2.45) is 5.92 Å². The van der Waals surface area contributed by atoms with Crippen LogP contribution < -0.4 is 5.32 Å². The van der Waals surface area contributed by atoms with Crippen LogP contribution in [0.1, 0.15) is 27.8 Å². The van der Waals surface area contributed by atoms with Gasteiger partial charge < -0.3 is 5.32 Å². The van der Waals surface area contributed by atoms with Crippen LogP contribution in [0, 0.1) is 12.8 Å². The average Bonchev–Trinajstić information content (AvgIpc) is 3.07. The molecule has 1 amide bonds. The lowest BCUT2D eigenvalue weighted by atomic mass is 10.1. The number of aryl methyl sites for hydroxylation is 1. The summed E-state index contributed by atoms with van der Waals surface area (Å²) in [6.45, 7) is 2.69. The van der Waals surface area contributed by atoms with Crippen LogP contribution in [-0.2, 0) is 11.2 Å². The second-order valence-electron chi connectivity index (χ2n) is 6.53. The Morgan fingerprint density at radius 1 is 1.31 bits per heavy atom. The molecule has 2 aromatic heterocycles. The van der Waals surface area contributed by atoms with Gasteiger partial charge in [-0.1, -0.05) is 29.8 Å². The Morgan fingerprint density at radius 2 is 2.15 bits per heavy atom. The summed E-state index contributed by atoms with van der Waals surface area (Å²) in [5.41, 5.74) is 2.14. The molecule has 0 bridgehead atoms. The summed E-state index contributed by atoms with van der Waals surface area (Å²) in [6.07, 6.45) is 1.74. The Labute approximate surface area is 166 Å². The van der Waals surface area contributed by atoms with E-state index in [0.717, 1.165) is 34.1 Å². The minimum absolute atomic E-state index is 0.0618. The van der Waals surface area contributed by atoms with E-state index in [1.165, 1.54) is 9.75 Å². The fraction of sp³-hybridized carbons (Fsp3) is 0.300. The third kappa shape index (κ3) is 3.85. The summed E-state index contributed by atoms with van der Waals surface area (Å²) in [5.74, 6) is 0.471. The monoisotopic (exact) mass is 402 g/mol. The highest BCUT2D eigenvalue weighted by molar-refractivity contribution is 7.16. The van der Waals surface area contributed by atoms with Crippen molar-refractivity contribution in [2.75, 3.05) is 6.54 Å². The van der Waals surface area contributed by atoms with Gasteiger partial charge in [-0.2, -0.15) is 0 Å². The number of benzene rings is 1. The van der Waals surface area contributed by atoms with E-state index in [-0.39, 0.29) is 17.7 Å². The molecular formula is C20H19ClN2OS2. The fourth-order valence-corrected chi connectivity index (χ4v) is 5.10. The van der Waals surface area contributed by atoms with Gasteiger partial charge >= 0.3 is 0 Å². The second-order valence-corrected chi connectivity index (χ2v) is 9.17. The van der Waals surface area contributed by atoms with E-state index in [1.807, 2.05) is 31.2 Å². The molecule has 0 saturated heterocycles. The summed E-state index contributed by atoms with van der Waals surface area (Å²) < 4.78 is 0. The van der Waals surface area contributed by atoms with Crippen molar-refractivity contribution in [1.82, 2.24) is 10.3 Å². The highest BCUT2D eigenvalue weighted by atomic mass is 35.5. The quantitative estimate of drug-likeness (QED) is 0.608. The standard InChI is InChI=1S/C20H19ClN2OS2/c1-12-23-18(11-25-12)19-7-6-13(26-19)8-9-22-20(24)16-10-15(16)14-4-2-3-5-17(14)21/h2-7,11,15-16H,8-10H2,1H3,(H,22,24). The molecule has 2 heterocycles. The Kier molecular flexibility index (Phi) is 5.11. The minimum Gasteiger partial charge on any atom is -0.355 e. The maximum Gasteiger partial charge on any atom is 0.223 e. The van der Waals surface area contributed by atoms with E-state index in [4.69, 9.17) is 11.6 Å². The molecule has 134 valence electrons. The number of nitrogens with one attached hydrogen (secondary N) is 1. The SMILES string of the molecule is Cc1nc(-c2ccc(CCNC(=O)C3CC3c3ccccc3Cl)s2)cs1. The first-order chi connectivity index (χ1) is 12.6. The zero-order valence-corrected chi connectivity index (χ0v) is 16.8. The number of halogens is 1. The molecule has 1 aromatic carbocycles. The van der Waals surface area contributed by atoms with E-state index >= 15 is 0 Å². The third-order valence-electron chi connectivity index (χ3n) is 4.64. The third-order valence-corrected chi connectivity index (χ3v) is 6.92. The number of thiophene rings is 1. The molecule has 0 aliphatic heterocycles. The smallest absolute Gasteiger partial charge is 0.223 e. The normalized spacial score (nSPS) is 18.7. The molecule has 1 fully saturated rings. The van der Waals surface area contributed by atoms with Gasteiger partial charge in [0.15, 0.2) is 0 Å². The zero-order chi connectivity index (χ0) is 18.1. The number of hydrogen-bond donors (Lipinski definition) is 1. The van der Waals surface area contributed by atoms with Crippen molar-refractivity contribution in [2.45, 2.75) is 25.7 Å². The lowest BCUT2D eigenvalue weighted by Crippen LogP contribution is -2.27. The Morgan fingerprint density at radius 3 is 2.92 bits per heavy atom. The molecule has 1 saturated carbocycles. The molecular weight excluding hydrogens is 384 g/mol. The first-order valence-electron chi connectivity index (χ1n) is 8.65. The topological polar surface area (TPSA) is 42.0 Å². The Balaban J connectivity index is 1.27. The summed E-state index contributed by atoms with van der Waals surface area (Å²) in [5, 5.41) is 7.01. The number of carbonyl (C=O) groups excluding carboxylic acids is 1. The van der Waals surface area contributed by atoms with Gasteiger partial charge in [0, 0.05) is 27.7 Å². The minimum atomic E-state index is 0.0618. The first kappa shape index (κ1) is 17.7. The van der Waals surface area contributed by atoms with Crippen molar-refractivity contribution in [3.63, 3.8) is 0 Å². The van der Waals surface area contributed by atoms with Crippen LogP contribution in [0.3, 0.4) is 0 Å². The molecule has 1 aliphatic rings. The molecule has 2 unspecified atom stereocenters. The van der Waals surface area contributed by atoms with E-state index in [9.17, 15) is 4.79 Å². The molecule has 0 spiro atoms. The van der Waals surface area contributed by atoms with Gasteiger partial charge in [-0.25, -0.2) is 4.98 Å². The van der Waals surface area contributed by atoms with E-state index in [0.29, 0.717) is 6.54 Å². The number of nitrogens with zero attached hydrogens (tertiary/aromatic N) is 1. The van der Waals surface area contributed by atoms with Gasteiger partial charge in [-0.3, -0.25) is 4.79 Å². The molecule has 1 aliphatic carbocycles. The van der Waals surface area contributed by atoms with E-state index in [2.05, 4.69) is 27.8 Å². The van der Waals surface area contributed by atoms with Crippen LogP contribution in [0.25, 0.3) is 10.6 Å². The molecule has 0 radical (unpaired) electrons.